The highest BCUT2D eigenvalue weighted by Gasteiger charge is 2.04. The summed E-state index contributed by atoms with van der Waals surface area (Å²) in [5, 5.41) is 4.52. The molecule has 0 saturated heterocycles. The van der Waals surface area contributed by atoms with Crippen LogP contribution in [0.1, 0.15) is 15.9 Å². The molecule has 0 aliphatic heterocycles. The molecule has 0 spiro atoms. The third-order valence-corrected chi connectivity index (χ3v) is 3.67. The number of carbonyl (C=O) groups excluding carboxylic acids is 1. The van der Waals surface area contributed by atoms with E-state index in [1.807, 2.05) is 18.2 Å². The molecule has 0 heterocycles. The van der Waals surface area contributed by atoms with E-state index in [-0.39, 0.29) is 5.91 Å². The summed E-state index contributed by atoms with van der Waals surface area (Å²) in [5.41, 5.74) is 3.77. The van der Waals surface area contributed by atoms with Gasteiger partial charge >= 0.3 is 0 Å². The molecule has 118 valence electrons. The summed E-state index contributed by atoms with van der Waals surface area (Å²) in [6, 6.07) is 12.1. The van der Waals surface area contributed by atoms with Crippen molar-refractivity contribution in [2.24, 2.45) is 5.10 Å². The Bertz CT molecular complexity index is 730. The minimum absolute atomic E-state index is 0.303. The molecular weight excluding hydrogens is 380 g/mol. The molecule has 0 radical (unpaired) electrons. The summed E-state index contributed by atoms with van der Waals surface area (Å²) < 4.78 is 6.26. The van der Waals surface area contributed by atoms with E-state index in [2.05, 4.69) is 33.0 Å². The van der Waals surface area contributed by atoms with Gasteiger partial charge in [-0.15, -0.1) is 0 Å². The van der Waals surface area contributed by atoms with Crippen LogP contribution in [-0.2, 0) is 0 Å². The topological polar surface area (TPSA) is 50.7 Å². The Morgan fingerprint density at radius 1 is 1.30 bits per heavy atom. The minimum Gasteiger partial charge on any atom is -0.488 e. The number of carbonyl (C=O) groups is 1. The molecule has 0 saturated carbocycles. The van der Waals surface area contributed by atoms with Crippen molar-refractivity contribution in [3.63, 3.8) is 0 Å². The lowest BCUT2D eigenvalue weighted by atomic mass is 10.2. The van der Waals surface area contributed by atoms with Crippen molar-refractivity contribution < 1.29 is 9.53 Å². The summed E-state index contributed by atoms with van der Waals surface area (Å²) >= 11 is 9.20. The molecule has 1 N–H and O–H groups in total. The van der Waals surface area contributed by atoms with Crippen LogP contribution in [0.3, 0.4) is 0 Å². The first-order chi connectivity index (χ1) is 11.1. The zero-order valence-electron chi connectivity index (χ0n) is 12.1. The van der Waals surface area contributed by atoms with E-state index in [0.717, 1.165) is 10.0 Å². The van der Waals surface area contributed by atoms with Crippen LogP contribution in [0.5, 0.6) is 5.75 Å². The van der Waals surface area contributed by atoms with Crippen LogP contribution in [0.25, 0.3) is 0 Å². The average Bonchev–Trinajstić information content (AvgIpc) is 2.54. The average molecular weight is 394 g/mol. The van der Waals surface area contributed by atoms with Gasteiger partial charge in [0.1, 0.15) is 12.4 Å². The first kappa shape index (κ1) is 17.2. The predicted molar refractivity (Wildman–Crippen MR) is 96.3 cm³/mol. The van der Waals surface area contributed by atoms with Gasteiger partial charge < -0.3 is 4.74 Å². The highest BCUT2D eigenvalue weighted by Crippen LogP contribution is 2.25. The second-order valence-electron chi connectivity index (χ2n) is 4.50. The maximum Gasteiger partial charge on any atom is 0.271 e. The standard InChI is InChI=1S/C17H14BrClN2O2/c1-2-9-23-16-8-3-12(10-15(16)18)11-20-21-17(22)13-4-6-14(19)7-5-13/h2-8,10-11H,1,9H2,(H,21,22)/b20-11-. The van der Waals surface area contributed by atoms with Crippen molar-refractivity contribution in [3.05, 3.63) is 75.7 Å². The number of rotatable bonds is 6. The molecule has 0 bridgehead atoms. The monoisotopic (exact) mass is 392 g/mol. The van der Waals surface area contributed by atoms with Gasteiger partial charge in [0.2, 0.25) is 0 Å². The molecule has 0 aliphatic carbocycles. The normalized spacial score (nSPS) is 10.5. The Balaban J connectivity index is 1.97. The molecule has 6 heteroatoms. The minimum atomic E-state index is -0.303. The number of nitrogens with one attached hydrogen (secondary N) is 1. The number of amides is 1. The Hall–Kier alpha value is -2.11. The van der Waals surface area contributed by atoms with E-state index in [0.29, 0.717) is 22.9 Å². The van der Waals surface area contributed by atoms with Crippen LogP contribution in [-0.4, -0.2) is 18.7 Å². The number of hydrogen-bond acceptors (Lipinski definition) is 3. The third-order valence-electron chi connectivity index (χ3n) is 2.80. The lowest BCUT2D eigenvalue weighted by Crippen LogP contribution is -2.17. The fourth-order valence-electron chi connectivity index (χ4n) is 1.69. The first-order valence-electron chi connectivity index (χ1n) is 6.72. The van der Waals surface area contributed by atoms with Gasteiger partial charge in [0, 0.05) is 10.6 Å². The Morgan fingerprint density at radius 3 is 2.70 bits per heavy atom. The quantitative estimate of drug-likeness (QED) is 0.448. The van der Waals surface area contributed by atoms with Crippen molar-refractivity contribution in [3.8, 4) is 5.75 Å². The van der Waals surface area contributed by atoms with E-state index in [4.69, 9.17) is 16.3 Å². The molecule has 23 heavy (non-hydrogen) atoms. The molecule has 0 aromatic heterocycles. The Kier molecular flexibility index (Phi) is 6.38. The van der Waals surface area contributed by atoms with Crippen molar-refractivity contribution in [1.29, 1.82) is 0 Å². The fraction of sp³-hybridized carbons (Fsp3) is 0.0588. The number of benzene rings is 2. The highest BCUT2D eigenvalue weighted by molar-refractivity contribution is 9.10. The van der Waals surface area contributed by atoms with Gasteiger partial charge in [-0.3, -0.25) is 4.79 Å². The summed E-state index contributed by atoms with van der Waals surface area (Å²) in [6.45, 7) is 4.03. The van der Waals surface area contributed by atoms with Gasteiger partial charge in [-0.05, 0) is 64.0 Å². The second-order valence-corrected chi connectivity index (χ2v) is 5.79. The fourth-order valence-corrected chi connectivity index (χ4v) is 2.33. The maximum atomic E-state index is 11.9. The largest absolute Gasteiger partial charge is 0.488 e. The number of nitrogens with zero attached hydrogens (tertiary/aromatic N) is 1. The van der Waals surface area contributed by atoms with Gasteiger partial charge in [-0.1, -0.05) is 24.3 Å². The predicted octanol–water partition coefficient (Wildman–Crippen LogP) is 4.43. The molecular formula is C17H14BrClN2O2. The molecule has 0 atom stereocenters. The van der Waals surface area contributed by atoms with E-state index < -0.39 is 0 Å². The first-order valence-corrected chi connectivity index (χ1v) is 7.89. The second kappa shape index (κ2) is 8.50. The maximum absolute atomic E-state index is 11.9. The Labute approximate surface area is 147 Å². The molecule has 1 amide bonds. The van der Waals surface area contributed by atoms with Crippen LogP contribution in [0.15, 0.2) is 64.7 Å². The van der Waals surface area contributed by atoms with E-state index in [9.17, 15) is 4.79 Å². The number of halogens is 2. The molecule has 2 rings (SSSR count). The molecule has 2 aromatic carbocycles. The van der Waals surface area contributed by atoms with Crippen LogP contribution in [0.2, 0.25) is 5.02 Å². The van der Waals surface area contributed by atoms with Crippen LogP contribution >= 0.6 is 27.5 Å². The van der Waals surface area contributed by atoms with Crippen molar-refractivity contribution in [1.82, 2.24) is 5.43 Å². The van der Waals surface area contributed by atoms with Gasteiger partial charge in [0.25, 0.3) is 5.91 Å². The SMILES string of the molecule is C=CCOc1ccc(/C=N\NC(=O)c2ccc(Cl)cc2)cc1Br. The lowest BCUT2D eigenvalue weighted by molar-refractivity contribution is 0.0955. The summed E-state index contributed by atoms with van der Waals surface area (Å²) in [4.78, 5) is 11.9. The molecule has 0 unspecified atom stereocenters. The van der Waals surface area contributed by atoms with Crippen molar-refractivity contribution >= 4 is 39.7 Å². The smallest absolute Gasteiger partial charge is 0.271 e. The number of hydrogen-bond donors (Lipinski definition) is 1. The summed E-state index contributed by atoms with van der Waals surface area (Å²) in [5.74, 6) is 0.412. The van der Waals surface area contributed by atoms with Gasteiger partial charge in [0.15, 0.2) is 0 Å². The van der Waals surface area contributed by atoms with Crippen LogP contribution in [0.4, 0.5) is 0 Å². The number of ether oxygens (including phenoxy) is 1. The zero-order chi connectivity index (χ0) is 16.7. The van der Waals surface area contributed by atoms with Crippen molar-refractivity contribution in [2.75, 3.05) is 6.61 Å². The van der Waals surface area contributed by atoms with E-state index >= 15 is 0 Å². The lowest BCUT2D eigenvalue weighted by Gasteiger charge is -2.06. The van der Waals surface area contributed by atoms with Crippen LogP contribution < -0.4 is 10.2 Å². The molecule has 4 nitrogen and oxygen atoms in total. The van der Waals surface area contributed by atoms with E-state index in [1.165, 1.54) is 0 Å². The Morgan fingerprint density at radius 2 is 2.04 bits per heavy atom. The van der Waals surface area contributed by atoms with Crippen LogP contribution in [0, 0.1) is 0 Å². The van der Waals surface area contributed by atoms with Crippen molar-refractivity contribution in [2.45, 2.75) is 0 Å². The van der Waals surface area contributed by atoms with Gasteiger partial charge in [-0.25, -0.2) is 5.43 Å². The third kappa shape index (κ3) is 5.23. The zero-order valence-corrected chi connectivity index (χ0v) is 14.5. The number of hydrazone groups is 1. The van der Waals surface area contributed by atoms with Gasteiger partial charge in [0.05, 0.1) is 10.7 Å². The summed E-state index contributed by atoms with van der Waals surface area (Å²) in [6.07, 6.45) is 3.23. The highest BCUT2D eigenvalue weighted by atomic mass is 79.9. The molecule has 2 aromatic rings. The molecule has 0 fully saturated rings. The van der Waals surface area contributed by atoms with Gasteiger partial charge in [-0.2, -0.15) is 5.10 Å². The summed E-state index contributed by atoms with van der Waals surface area (Å²) in [7, 11) is 0. The molecule has 0 aliphatic rings. The van der Waals surface area contributed by atoms with E-state index in [1.54, 1.807) is 36.6 Å².